The number of amides is 1. The van der Waals surface area contributed by atoms with E-state index in [0.717, 1.165) is 22.4 Å². The van der Waals surface area contributed by atoms with Gasteiger partial charge in [-0.05, 0) is 42.0 Å². The second-order valence-corrected chi connectivity index (χ2v) is 6.23. The van der Waals surface area contributed by atoms with Gasteiger partial charge < -0.3 is 4.98 Å². The molecule has 142 valence electrons. The molecule has 1 heterocycles. The van der Waals surface area contributed by atoms with Crippen molar-refractivity contribution in [2.24, 2.45) is 5.10 Å². The first kappa shape index (κ1) is 18.1. The van der Waals surface area contributed by atoms with Crippen LogP contribution < -0.4 is 5.43 Å². The van der Waals surface area contributed by atoms with Crippen molar-refractivity contribution < 1.29 is 9.72 Å². The predicted octanol–water partition coefficient (Wildman–Crippen LogP) is 3.90. The molecule has 8 heteroatoms. The van der Waals surface area contributed by atoms with Crippen LogP contribution in [0.15, 0.2) is 77.9 Å². The number of benzene rings is 3. The summed E-state index contributed by atoms with van der Waals surface area (Å²) in [6.45, 7) is 0. The molecular weight excluding hydrogens is 370 g/mol. The lowest BCUT2D eigenvalue weighted by atomic mass is 10.1. The van der Waals surface area contributed by atoms with Gasteiger partial charge in [0.15, 0.2) is 0 Å². The number of nitro groups is 1. The molecule has 4 aromatic rings. The van der Waals surface area contributed by atoms with Gasteiger partial charge in [0.1, 0.15) is 5.82 Å². The van der Waals surface area contributed by atoms with Gasteiger partial charge in [0.25, 0.3) is 11.6 Å². The fourth-order valence-corrected chi connectivity index (χ4v) is 2.78. The summed E-state index contributed by atoms with van der Waals surface area (Å²) in [5.74, 6) is 0.369. The third kappa shape index (κ3) is 4.01. The van der Waals surface area contributed by atoms with Crippen LogP contribution in [0.5, 0.6) is 0 Å². The topological polar surface area (TPSA) is 113 Å². The summed E-state index contributed by atoms with van der Waals surface area (Å²) in [5, 5.41) is 14.5. The van der Waals surface area contributed by atoms with Crippen molar-refractivity contribution in [3.05, 3.63) is 94.0 Å². The molecule has 1 aromatic heterocycles. The highest BCUT2D eigenvalue weighted by Crippen LogP contribution is 2.20. The molecule has 0 fully saturated rings. The fraction of sp³-hybridized carbons (Fsp3) is 0. The third-order valence-corrected chi connectivity index (χ3v) is 4.29. The Hall–Kier alpha value is -4.33. The number of H-pyrrole nitrogens is 1. The smallest absolute Gasteiger partial charge is 0.271 e. The first-order chi connectivity index (χ1) is 14.1. The predicted molar refractivity (Wildman–Crippen MR) is 110 cm³/mol. The van der Waals surface area contributed by atoms with E-state index < -0.39 is 4.92 Å². The molecule has 29 heavy (non-hydrogen) atoms. The van der Waals surface area contributed by atoms with Gasteiger partial charge in [-0.2, -0.15) is 5.10 Å². The highest BCUT2D eigenvalue weighted by Gasteiger charge is 2.08. The number of aromatic nitrogens is 2. The molecule has 2 N–H and O–H groups in total. The molecule has 0 bridgehead atoms. The van der Waals surface area contributed by atoms with Crippen LogP contribution in [0.3, 0.4) is 0 Å². The van der Waals surface area contributed by atoms with E-state index in [1.165, 1.54) is 18.3 Å². The van der Waals surface area contributed by atoms with E-state index in [-0.39, 0.29) is 11.6 Å². The molecular formula is C21H15N5O3. The molecule has 3 aromatic carbocycles. The Bertz CT molecular complexity index is 1180. The fourth-order valence-electron chi connectivity index (χ4n) is 2.78. The van der Waals surface area contributed by atoms with E-state index in [1.54, 1.807) is 24.3 Å². The Morgan fingerprint density at radius 3 is 2.45 bits per heavy atom. The first-order valence-corrected chi connectivity index (χ1v) is 8.73. The highest BCUT2D eigenvalue weighted by molar-refractivity contribution is 5.95. The average Bonchev–Trinajstić information content (AvgIpc) is 3.18. The number of hydrogen-bond acceptors (Lipinski definition) is 5. The lowest BCUT2D eigenvalue weighted by Gasteiger charge is -2.01. The number of nitro benzene ring substituents is 1. The Morgan fingerprint density at radius 2 is 1.76 bits per heavy atom. The maximum Gasteiger partial charge on any atom is 0.271 e. The maximum atomic E-state index is 12.2. The van der Waals surface area contributed by atoms with Crippen molar-refractivity contribution in [1.29, 1.82) is 0 Å². The standard InChI is InChI=1S/C21H15N5O3/c27-21(25-22-13-14-5-11-17(12-6-14)26(28)29)16-9-7-15(8-10-16)20-23-18-3-1-2-4-19(18)24-20/h1-13H,(H,23,24)(H,25,27)/b22-13+. The minimum atomic E-state index is -0.474. The number of para-hydroxylation sites is 2. The van der Waals surface area contributed by atoms with Crippen LogP contribution in [-0.2, 0) is 0 Å². The molecule has 0 saturated heterocycles. The number of imidazole rings is 1. The van der Waals surface area contributed by atoms with Gasteiger partial charge in [-0.15, -0.1) is 0 Å². The molecule has 0 aliphatic heterocycles. The molecule has 0 unspecified atom stereocenters. The van der Waals surface area contributed by atoms with Gasteiger partial charge in [-0.1, -0.05) is 24.3 Å². The summed E-state index contributed by atoms with van der Waals surface area (Å²) < 4.78 is 0. The number of carbonyl (C=O) groups is 1. The summed E-state index contributed by atoms with van der Waals surface area (Å²) in [7, 11) is 0. The quantitative estimate of drug-likeness (QED) is 0.308. The Morgan fingerprint density at radius 1 is 1.03 bits per heavy atom. The van der Waals surface area contributed by atoms with Crippen LogP contribution in [-0.4, -0.2) is 27.0 Å². The molecule has 8 nitrogen and oxygen atoms in total. The molecule has 0 aliphatic carbocycles. The Labute approximate surface area is 165 Å². The Kier molecular flexibility index (Phi) is 4.81. The average molecular weight is 385 g/mol. The van der Waals surface area contributed by atoms with Gasteiger partial charge in [0, 0.05) is 23.3 Å². The number of rotatable bonds is 5. The number of aromatic amines is 1. The lowest BCUT2D eigenvalue weighted by molar-refractivity contribution is -0.384. The van der Waals surface area contributed by atoms with Crippen molar-refractivity contribution >= 4 is 28.8 Å². The zero-order valence-corrected chi connectivity index (χ0v) is 15.1. The van der Waals surface area contributed by atoms with E-state index >= 15 is 0 Å². The number of hydrazone groups is 1. The minimum Gasteiger partial charge on any atom is -0.338 e. The number of fused-ring (bicyclic) bond motifs is 1. The van der Waals surface area contributed by atoms with Crippen LogP contribution in [0.4, 0.5) is 5.69 Å². The molecule has 1 amide bonds. The first-order valence-electron chi connectivity index (χ1n) is 8.73. The molecule has 0 radical (unpaired) electrons. The van der Waals surface area contributed by atoms with Crippen molar-refractivity contribution in [2.45, 2.75) is 0 Å². The second-order valence-electron chi connectivity index (χ2n) is 6.23. The van der Waals surface area contributed by atoms with Crippen LogP contribution in [0.1, 0.15) is 15.9 Å². The van der Waals surface area contributed by atoms with Gasteiger partial charge >= 0.3 is 0 Å². The summed E-state index contributed by atoms with van der Waals surface area (Å²) in [4.78, 5) is 30.2. The van der Waals surface area contributed by atoms with E-state index in [2.05, 4.69) is 20.5 Å². The Balaban J connectivity index is 1.42. The van der Waals surface area contributed by atoms with Gasteiger partial charge in [0.2, 0.25) is 0 Å². The monoisotopic (exact) mass is 385 g/mol. The normalized spacial score (nSPS) is 11.0. The van der Waals surface area contributed by atoms with E-state index in [9.17, 15) is 14.9 Å². The second kappa shape index (κ2) is 7.73. The molecule has 4 rings (SSSR count). The van der Waals surface area contributed by atoms with Crippen LogP contribution >= 0.6 is 0 Å². The van der Waals surface area contributed by atoms with Crippen molar-refractivity contribution in [1.82, 2.24) is 15.4 Å². The van der Waals surface area contributed by atoms with Crippen LogP contribution in [0.2, 0.25) is 0 Å². The third-order valence-electron chi connectivity index (χ3n) is 4.29. The largest absolute Gasteiger partial charge is 0.338 e. The number of non-ortho nitro benzene ring substituents is 1. The summed E-state index contributed by atoms with van der Waals surface area (Å²) in [6, 6.07) is 20.6. The summed E-state index contributed by atoms with van der Waals surface area (Å²) >= 11 is 0. The summed E-state index contributed by atoms with van der Waals surface area (Å²) in [6.07, 6.45) is 1.42. The van der Waals surface area contributed by atoms with E-state index in [1.807, 2.05) is 36.4 Å². The number of carbonyl (C=O) groups excluding carboxylic acids is 1. The maximum absolute atomic E-state index is 12.2. The van der Waals surface area contributed by atoms with Gasteiger partial charge in [-0.3, -0.25) is 14.9 Å². The molecule has 0 aliphatic rings. The highest BCUT2D eigenvalue weighted by atomic mass is 16.6. The molecule has 0 spiro atoms. The van der Waals surface area contributed by atoms with E-state index in [0.29, 0.717) is 11.1 Å². The summed E-state index contributed by atoms with van der Waals surface area (Å²) in [5.41, 5.74) is 6.22. The molecule has 0 saturated carbocycles. The van der Waals surface area contributed by atoms with Gasteiger partial charge in [0.05, 0.1) is 22.2 Å². The van der Waals surface area contributed by atoms with Crippen LogP contribution in [0.25, 0.3) is 22.4 Å². The SMILES string of the molecule is O=C(N/N=C/c1ccc([N+](=O)[O-])cc1)c1ccc(-c2nc3ccccc3[nH]2)cc1. The van der Waals surface area contributed by atoms with Gasteiger partial charge in [-0.25, -0.2) is 10.4 Å². The number of hydrogen-bond donors (Lipinski definition) is 2. The minimum absolute atomic E-state index is 0.00396. The van der Waals surface area contributed by atoms with E-state index in [4.69, 9.17) is 0 Å². The number of nitrogens with one attached hydrogen (secondary N) is 2. The van der Waals surface area contributed by atoms with Crippen molar-refractivity contribution in [2.75, 3.05) is 0 Å². The van der Waals surface area contributed by atoms with Crippen LogP contribution in [0, 0.1) is 10.1 Å². The molecule has 0 atom stereocenters. The zero-order valence-electron chi connectivity index (χ0n) is 15.1. The zero-order chi connectivity index (χ0) is 20.2. The lowest BCUT2D eigenvalue weighted by Crippen LogP contribution is -2.17. The van der Waals surface area contributed by atoms with Crippen molar-refractivity contribution in [3.8, 4) is 11.4 Å². The number of nitrogens with zero attached hydrogens (tertiary/aromatic N) is 3. The van der Waals surface area contributed by atoms with Crippen molar-refractivity contribution in [3.63, 3.8) is 0 Å².